The molecule has 0 aliphatic carbocycles. The minimum absolute atomic E-state index is 0.154. The second kappa shape index (κ2) is 6.04. The minimum Gasteiger partial charge on any atom is -0.378 e. The first-order chi connectivity index (χ1) is 11.0. The summed E-state index contributed by atoms with van der Waals surface area (Å²) in [6.07, 6.45) is 4.80. The SMILES string of the molecule is CN1CCC/C1=C\C(=O)c1cccn1S(=O)(=O)c1ccccc1. The zero-order valence-corrected chi connectivity index (χ0v) is 13.7. The van der Waals surface area contributed by atoms with E-state index in [9.17, 15) is 13.2 Å². The molecule has 0 saturated carbocycles. The Kier molecular flexibility index (Phi) is 4.09. The molecule has 0 spiro atoms. The Hall–Kier alpha value is -2.34. The fraction of sp³-hybridized carbons (Fsp3) is 0.235. The number of hydrogen-bond donors (Lipinski definition) is 0. The van der Waals surface area contributed by atoms with E-state index in [0.717, 1.165) is 29.1 Å². The van der Waals surface area contributed by atoms with Gasteiger partial charge in [0.2, 0.25) is 5.78 Å². The summed E-state index contributed by atoms with van der Waals surface area (Å²) in [5.74, 6) is -0.293. The van der Waals surface area contributed by atoms with Crippen molar-refractivity contribution < 1.29 is 13.2 Å². The summed E-state index contributed by atoms with van der Waals surface area (Å²) in [4.78, 5) is 14.7. The van der Waals surface area contributed by atoms with E-state index < -0.39 is 10.0 Å². The maximum absolute atomic E-state index is 12.7. The van der Waals surface area contributed by atoms with E-state index in [1.165, 1.54) is 24.4 Å². The van der Waals surface area contributed by atoms with E-state index in [0.29, 0.717) is 0 Å². The molecule has 2 heterocycles. The van der Waals surface area contributed by atoms with Crippen LogP contribution in [0.3, 0.4) is 0 Å². The van der Waals surface area contributed by atoms with Crippen molar-refractivity contribution in [2.24, 2.45) is 0 Å². The predicted octanol–water partition coefficient (Wildman–Crippen LogP) is 2.52. The van der Waals surface area contributed by atoms with Crippen molar-refractivity contribution in [2.45, 2.75) is 17.7 Å². The van der Waals surface area contributed by atoms with Gasteiger partial charge >= 0.3 is 0 Å². The molecule has 120 valence electrons. The van der Waals surface area contributed by atoms with Gasteiger partial charge < -0.3 is 4.90 Å². The van der Waals surface area contributed by atoms with Gasteiger partial charge in [0.1, 0.15) is 5.69 Å². The van der Waals surface area contributed by atoms with Gasteiger partial charge in [-0.1, -0.05) is 18.2 Å². The molecule has 23 heavy (non-hydrogen) atoms. The number of carbonyl (C=O) groups excluding carboxylic acids is 1. The first-order valence-electron chi connectivity index (χ1n) is 7.44. The molecule has 1 aromatic heterocycles. The van der Waals surface area contributed by atoms with Crippen LogP contribution in [0.2, 0.25) is 0 Å². The lowest BCUT2D eigenvalue weighted by Crippen LogP contribution is -2.18. The Morgan fingerprint density at radius 1 is 1.13 bits per heavy atom. The van der Waals surface area contributed by atoms with Crippen molar-refractivity contribution in [3.8, 4) is 0 Å². The summed E-state index contributed by atoms with van der Waals surface area (Å²) in [7, 11) is -1.83. The van der Waals surface area contributed by atoms with Crippen LogP contribution >= 0.6 is 0 Å². The van der Waals surface area contributed by atoms with Gasteiger partial charge in [-0.2, -0.15) is 0 Å². The van der Waals surface area contributed by atoms with E-state index in [1.807, 2.05) is 11.9 Å². The smallest absolute Gasteiger partial charge is 0.268 e. The van der Waals surface area contributed by atoms with Gasteiger partial charge in [0, 0.05) is 31.6 Å². The lowest BCUT2D eigenvalue weighted by Gasteiger charge is -2.13. The third-order valence-electron chi connectivity index (χ3n) is 3.98. The highest BCUT2D eigenvalue weighted by atomic mass is 32.2. The number of aromatic nitrogens is 1. The Morgan fingerprint density at radius 2 is 1.87 bits per heavy atom. The van der Waals surface area contributed by atoms with Gasteiger partial charge in [0.05, 0.1) is 4.90 Å². The van der Waals surface area contributed by atoms with Crippen molar-refractivity contribution in [2.75, 3.05) is 13.6 Å². The topological polar surface area (TPSA) is 59.4 Å². The fourth-order valence-corrected chi connectivity index (χ4v) is 4.08. The number of likely N-dealkylation sites (tertiary alicyclic amines) is 1. The Bertz CT molecular complexity index is 851. The van der Waals surface area contributed by atoms with Gasteiger partial charge in [-0.15, -0.1) is 0 Å². The average molecular weight is 330 g/mol. The molecular weight excluding hydrogens is 312 g/mol. The van der Waals surface area contributed by atoms with Crippen molar-refractivity contribution >= 4 is 15.8 Å². The van der Waals surface area contributed by atoms with E-state index >= 15 is 0 Å². The van der Waals surface area contributed by atoms with Crippen LogP contribution in [-0.4, -0.2) is 36.7 Å². The summed E-state index contributed by atoms with van der Waals surface area (Å²) in [6, 6.07) is 11.2. The third-order valence-corrected chi connectivity index (χ3v) is 5.68. The van der Waals surface area contributed by atoms with Gasteiger partial charge in [0.25, 0.3) is 10.0 Å². The normalized spacial score (nSPS) is 16.9. The highest BCUT2D eigenvalue weighted by molar-refractivity contribution is 7.90. The molecule has 1 aromatic carbocycles. The number of nitrogens with zero attached hydrogens (tertiary/aromatic N) is 2. The number of rotatable bonds is 4. The van der Waals surface area contributed by atoms with Crippen LogP contribution in [0, 0.1) is 0 Å². The summed E-state index contributed by atoms with van der Waals surface area (Å²) in [5, 5.41) is 0. The zero-order valence-electron chi connectivity index (χ0n) is 12.8. The summed E-state index contributed by atoms with van der Waals surface area (Å²) in [6.45, 7) is 0.919. The molecule has 3 rings (SSSR count). The highest BCUT2D eigenvalue weighted by Gasteiger charge is 2.22. The largest absolute Gasteiger partial charge is 0.378 e. The fourth-order valence-electron chi connectivity index (χ4n) is 2.71. The van der Waals surface area contributed by atoms with Crippen LogP contribution in [0.4, 0.5) is 0 Å². The van der Waals surface area contributed by atoms with E-state index in [-0.39, 0.29) is 16.4 Å². The second-order valence-corrected chi connectivity index (χ2v) is 7.35. The lowest BCUT2D eigenvalue weighted by atomic mass is 10.2. The Balaban J connectivity index is 1.99. The molecule has 2 aromatic rings. The zero-order chi connectivity index (χ0) is 16.4. The highest BCUT2D eigenvalue weighted by Crippen LogP contribution is 2.21. The molecule has 1 aliphatic rings. The van der Waals surface area contributed by atoms with Gasteiger partial charge in [-0.3, -0.25) is 4.79 Å². The monoisotopic (exact) mass is 330 g/mol. The van der Waals surface area contributed by atoms with E-state index in [2.05, 4.69) is 0 Å². The maximum atomic E-state index is 12.7. The van der Waals surface area contributed by atoms with Crippen molar-refractivity contribution in [1.29, 1.82) is 0 Å². The molecular formula is C17H18N2O3S. The van der Waals surface area contributed by atoms with Gasteiger partial charge in [-0.05, 0) is 37.1 Å². The van der Waals surface area contributed by atoms with Crippen LogP contribution in [0.15, 0.2) is 65.3 Å². The van der Waals surface area contributed by atoms with Crippen LogP contribution < -0.4 is 0 Å². The summed E-state index contributed by atoms with van der Waals surface area (Å²) in [5.41, 5.74) is 1.10. The molecule has 1 saturated heterocycles. The number of ketones is 1. The lowest BCUT2D eigenvalue weighted by molar-refractivity contribution is 0.103. The van der Waals surface area contributed by atoms with Gasteiger partial charge in [-0.25, -0.2) is 12.4 Å². The molecule has 6 heteroatoms. The maximum Gasteiger partial charge on any atom is 0.268 e. The van der Waals surface area contributed by atoms with Crippen LogP contribution in [0.5, 0.6) is 0 Å². The predicted molar refractivity (Wildman–Crippen MR) is 87.7 cm³/mol. The second-order valence-electron chi connectivity index (χ2n) is 5.53. The number of carbonyl (C=O) groups is 1. The van der Waals surface area contributed by atoms with Crippen molar-refractivity contribution in [3.05, 3.63) is 66.1 Å². The molecule has 0 amide bonds. The molecule has 0 radical (unpaired) electrons. The molecule has 5 nitrogen and oxygen atoms in total. The van der Waals surface area contributed by atoms with Crippen molar-refractivity contribution in [1.82, 2.24) is 8.87 Å². The first-order valence-corrected chi connectivity index (χ1v) is 8.88. The molecule has 1 aliphatic heterocycles. The number of allylic oxidation sites excluding steroid dienone is 2. The van der Waals surface area contributed by atoms with E-state index in [1.54, 1.807) is 30.3 Å². The average Bonchev–Trinajstić information content (AvgIpc) is 3.18. The minimum atomic E-state index is -3.77. The Labute approximate surface area is 135 Å². The standard InChI is InChI=1S/C17H18N2O3S/c1-18-11-5-7-14(18)13-17(20)16-10-6-12-19(16)23(21,22)15-8-3-2-4-9-15/h2-4,6,8-10,12-13H,5,7,11H2,1H3/b14-13+. The number of hydrogen-bond acceptors (Lipinski definition) is 4. The molecule has 0 atom stereocenters. The molecule has 0 unspecified atom stereocenters. The summed E-state index contributed by atoms with van der Waals surface area (Å²) < 4.78 is 26.5. The quantitative estimate of drug-likeness (QED) is 0.638. The Morgan fingerprint density at radius 3 is 2.52 bits per heavy atom. The van der Waals surface area contributed by atoms with Crippen LogP contribution in [-0.2, 0) is 10.0 Å². The van der Waals surface area contributed by atoms with Crippen molar-refractivity contribution in [3.63, 3.8) is 0 Å². The molecule has 0 bridgehead atoms. The van der Waals surface area contributed by atoms with Crippen LogP contribution in [0.25, 0.3) is 0 Å². The summed E-state index contributed by atoms with van der Waals surface area (Å²) >= 11 is 0. The third kappa shape index (κ3) is 2.94. The van der Waals surface area contributed by atoms with E-state index in [4.69, 9.17) is 0 Å². The number of benzene rings is 1. The van der Waals surface area contributed by atoms with Gasteiger partial charge in [0.15, 0.2) is 0 Å². The first kappa shape index (κ1) is 15.6. The van der Waals surface area contributed by atoms with Crippen LogP contribution in [0.1, 0.15) is 23.3 Å². The molecule has 1 fully saturated rings. The molecule has 0 N–H and O–H groups in total.